The molecule has 3 nitrogen and oxygen atoms in total. The van der Waals surface area contributed by atoms with E-state index >= 15 is 0 Å². The lowest BCUT2D eigenvalue weighted by Gasteiger charge is -2.17. The van der Waals surface area contributed by atoms with E-state index in [2.05, 4.69) is 0 Å². The molecule has 0 spiro atoms. The van der Waals surface area contributed by atoms with Gasteiger partial charge in [-0.3, -0.25) is 4.79 Å². The number of nitrogens with zero attached hydrogens (tertiary/aromatic N) is 1. The van der Waals surface area contributed by atoms with Crippen molar-refractivity contribution in [3.8, 4) is 5.75 Å². The molecule has 0 aliphatic heterocycles. The number of amides is 1. The summed E-state index contributed by atoms with van der Waals surface area (Å²) in [6.45, 7) is 0.459. The maximum atomic E-state index is 12.4. The van der Waals surface area contributed by atoms with Crippen LogP contribution in [0.3, 0.4) is 0 Å². The Balaban J connectivity index is 2.18. The van der Waals surface area contributed by atoms with Crippen molar-refractivity contribution in [3.05, 3.63) is 65.7 Å². The van der Waals surface area contributed by atoms with E-state index in [-0.39, 0.29) is 5.91 Å². The zero-order chi connectivity index (χ0) is 14.4. The van der Waals surface area contributed by atoms with Gasteiger partial charge in [0, 0.05) is 5.56 Å². The molecule has 0 atom stereocenters. The molecule has 0 saturated carbocycles. The molecule has 0 radical (unpaired) electrons. The summed E-state index contributed by atoms with van der Waals surface area (Å²) < 4.78 is 5.13. The van der Waals surface area contributed by atoms with Crippen molar-refractivity contribution in [2.75, 3.05) is 7.11 Å². The summed E-state index contributed by atoms with van der Waals surface area (Å²) in [4.78, 5) is 13.9. The Morgan fingerprint density at radius 2 is 1.95 bits per heavy atom. The van der Waals surface area contributed by atoms with Gasteiger partial charge in [0.15, 0.2) is 0 Å². The first kappa shape index (κ1) is 14.2. The molecular weight excluding hydrogens is 270 g/mol. The van der Waals surface area contributed by atoms with E-state index in [0.29, 0.717) is 17.9 Å². The summed E-state index contributed by atoms with van der Waals surface area (Å²) in [6.07, 6.45) is 0. The number of methoxy groups -OCH3 is 1. The Morgan fingerprint density at radius 1 is 1.20 bits per heavy atom. The summed E-state index contributed by atoms with van der Waals surface area (Å²) in [5, 5.41) is 0. The van der Waals surface area contributed by atoms with Gasteiger partial charge in [0.1, 0.15) is 5.75 Å². The molecule has 0 heterocycles. The molecule has 0 aliphatic carbocycles. The van der Waals surface area contributed by atoms with Gasteiger partial charge in [-0.05, 0) is 23.8 Å². The van der Waals surface area contributed by atoms with Gasteiger partial charge >= 0.3 is 0 Å². The van der Waals surface area contributed by atoms with Crippen molar-refractivity contribution in [3.63, 3.8) is 0 Å². The van der Waals surface area contributed by atoms with Gasteiger partial charge < -0.3 is 9.64 Å². The SMILES string of the molecule is COc1cccc(C(=O)N(C=S)Cc2ccccc2)c1. The third kappa shape index (κ3) is 3.42. The first-order valence-corrected chi connectivity index (χ1v) is 6.66. The van der Waals surface area contributed by atoms with Crippen LogP contribution in [-0.2, 0) is 6.54 Å². The van der Waals surface area contributed by atoms with E-state index in [9.17, 15) is 4.79 Å². The quantitative estimate of drug-likeness (QED) is 0.789. The molecule has 0 bridgehead atoms. The van der Waals surface area contributed by atoms with Gasteiger partial charge in [-0.2, -0.15) is 0 Å². The van der Waals surface area contributed by atoms with E-state index in [0.717, 1.165) is 5.56 Å². The third-order valence-electron chi connectivity index (χ3n) is 2.90. The highest BCUT2D eigenvalue weighted by atomic mass is 32.1. The van der Waals surface area contributed by atoms with Gasteiger partial charge in [0.25, 0.3) is 5.91 Å². The van der Waals surface area contributed by atoms with Crippen LogP contribution in [0.25, 0.3) is 0 Å². The van der Waals surface area contributed by atoms with E-state index in [4.69, 9.17) is 17.0 Å². The monoisotopic (exact) mass is 285 g/mol. The summed E-state index contributed by atoms with van der Waals surface area (Å²) in [5.41, 5.74) is 2.97. The topological polar surface area (TPSA) is 29.5 Å². The van der Waals surface area contributed by atoms with Crippen molar-refractivity contribution >= 4 is 23.6 Å². The van der Waals surface area contributed by atoms with Gasteiger partial charge in [0.05, 0.1) is 19.1 Å². The second kappa shape index (κ2) is 6.82. The fourth-order valence-corrected chi connectivity index (χ4v) is 2.03. The van der Waals surface area contributed by atoms with Crippen molar-refractivity contribution in [1.82, 2.24) is 4.90 Å². The van der Waals surface area contributed by atoms with Crippen LogP contribution >= 0.6 is 12.2 Å². The largest absolute Gasteiger partial charge is 0.497 e. The number of ether oxygens (including phenoxy) is 1. The first-order chi connectivity index (χ1) is 9.74. The average molecular weight is 285 g/mol. The molecule has 0 fully saturated rings. The van der Waals surface area contributed by atoms with Gasteiger partial charge in [-0.25, -0.2) is 0 Å². The lowest BCUT2D eigenvalue weighted by molar-refractivity contribution is 0.0847. The van der Waals surface area contributed by atoms with Gasteiger partial charge in [0.2, 0.25) is 0 Å². The van der Waals surface area contributed by atoms with Crippen LogP contribution in [-0.4, -0.2) is 23.4 Å². The van der Waals surface area contributed by atoms with E-state index in [1.54, 1.807) is 31.4 Å². The molecule has 0 saturated heterocycles. The predicted molar refractivity (Wildman–Crippen MR) is 83.0 cm³/mol. The maximum Gasteiger partial charge on any atom is 0.258 e. The second-order valence-corrected chi connectivity index (χ2v) is 4.47. The number of hydrogen-bond acceptors (Lipinski definition) is 3. The number of hydrogen-bond donors (Lipinski definition) is 0. The number of benzene rings is 2. The van der Waals surface area contributed by atoms with Gasteiger partial charge in [-0.15, -0.1) is 0 Å². The Kier molecular flexibility index (Phi) is 4.85. The summed E-state index contributed by atoms with van der Waals surface area (Å²) >= 11 is 4.96. The second-order valence-electron chi connectivity index (χ2n) is 4.26. The standard InChI is InChI=1S/C16H15NO2S/c1-19-15-9-5-8-14(10-15)16(18)17(12-20)11-13-6-3-2-4-7-13/h2-10,12H,11H2,1H3. The zero-order valence-electron chi connectivity index (χ0n) is 11.2. The Hall–Kier alpha value is -2.20. The molecule has 2 aromatic carbocycles. The van der Waals surface area contributed by atoms with Crippen molar-refractivity contribution in [2.24, 2.45) is 0 Å². The van der Waals surface area contributed by atoms with Gasteiger partial charge in [-0.1, -0.05) is 48.6 Å². The molecule has 0 unspecified atom stereocenters. The van der Waals surface area contributed by atoms with Crippen LogP contribution in [0.4, 0.5) is 0 Å². The summed E-state index contributed by atoms with van der Waals surface area (Å²) in [7, 11) is 1.57. The fourth-order valence-electron chi connectivity index (χ4n) is 1.86. The van der Waals surface area contributed by atoms with Crippen LogP contribution in [0, 0.1) is 0 Å². The molecule has 1 amide bonds. The van der Waals surface area contributed by atoms with Crippen LogP contribution in [0.15, 0.2) is 54.6 Å². The Morgan fingerprint density at radius 3 is 2.60 bits per heavy atom. The van der Waals surface area contributed by atoms with E-state index in [1.165, 1.54) is 10.4 Å². The molecule has 0 aromatic heterocycles. The highest BCUT2D eigenvalue weighted by Gasteiger charge is 2.14. The van der Waals surface area contributed by atoms with Crippen LogP contribution < -0.4 is 4.74 Å². The molecular formula is C16H15NO2S. The molecule has 2 rings (SSSR count). The van der Waals surface area contributed by atoms with Crippen LogP contribution in [0.2, 0.25) is 0 Å². The number of rotatable bonds is 5. The van der Waals surface area contributed by atoms with Crippen LogP contribution in [0.5, 0.6) is 5.75 Å². The minimum atomic E-state index is -0.136. The lowest BCUT2D eigenvalue weighted by atomic mass is 10.1. The third-order valence-corrected chi connectivity index (χ3v) is 3.16. The number of carbonyl (C=O) groups is 1. The van der Waals surface area contributed by atoms with Crippen LogP contribution in [0.1, 0.15) is 15.9 Å². The molecule has 0 N–H and O–H groups in total. The molecule has 102 valence electrons. The molecule has 0 aliphatic rings. The highest BCUT2D eigenvalue weighted by molar-refractivity contribution is 7.78. The Bertz CT molecular complexity index is 598. The zero-order valence-corrected chi connectivity index (χ0v) is 12.0. The minimum Gasteiger partial charge on any atom is -0.497 e. The molecule has 2 aromatic rings. The molecule has 20 heavy (non-hydrogen) atoms. The first-order valence-electron chi connectivity index (χ1n) is 6.19. The fraction of sp³-hybridized carbons (Fsp3) is 0.125. The lowest BCUT2D eigenvalue weighted by Crippen LogP contribution is -2.28. The van der Waals surface area contributed by atoms with Crippen molar-refractivity contribution in [1.29, 1.82) is 0 Å². The number of carbonyl (C=O) groups excluding carboxylic acids is 1. The van der Waals surface area contributed by atoms with Crippen molar-refractivity contribution in [2.45, 2.75) is 6.54 Å². The summed E-state index contributed by atoms with van der Waals surface area (Å²) in [5.74, 6) is 0.516. The smallest absolute Gasteiger partial charge is 0.258 e. The average Bonchev–Trinajstić information content (AvgIpc) is 2.53. The molecule has 4 heteroatoms. The maximum absolute atomic E-state index is 12.4. The minimum absolute atomic E-state index is 0.136. The predicted octanol–water partition coefficient (Wildman–Crippen LogP) is 3.29. The van der Waals surface area contributed by atoms with E-state index in [1.807, 2.05) is 30.3 Å². The highest BCUT2D eigenvalue weighted by Crippen LogP contribution is 2.15. The normalized spacial score (nSPS) is 9.85. The van der Waals surface area contributed by atoms with Crippen molar-refractivity contribution < 1.29 is 9.53 Å². The van der Waals surface area contributed by atoms with E-state index < -0.39 is 0 Å². The number of thiocarbonyl (C=S) groups is 1. The summed E-state index contributed by atoms with van der Waals surface area (Å²) in [6, 6.07) is 16.8. The Labute approximate surface area is 123 Å².